The van der Waals surface area contributed by atoms with Crippen LogP contribution in [0.3, 0.4) is 0 Å². The van der Waals surface area contributed by atoms with Crippen LogP contribution >= 0.6 is 12.4 Å². The largest absolute Gasteiger partial charge is 0.466 e. The maximum absolute atomic E-state index is 11.4. The molecule has 0 aromatic heterocycles. The molecular weight excluding hydrogens is 298 g/mol. The standard InChI is InChI=1S/C18H29NO2.ClH/c1-6-19(12-8-9-18(20)21-7-2)16(5)17-11-10-14(3)13-15(17)4;/h10-11,13,16H,6-9,12H2,1-5H3;1H. The summed E-state index contributed by atoms with van der Waals surface area (Å²) < 4.78 is 4.98. The normalized spacial score (nSPS) is 11.9. The molecule has 0 fully saturated rings. The van der Waals surface area contributed by atoms with Gasteiger partial charge in [0.1, 0.15) is 0 Å². The molecule has 0 spiro atoms. The number of aryl methyl sites for hydroxylation is 2. The highest BCUT2D eigenvalue weighted by Gasteiger charge is 2.16. The molecule has 0 aliphatic rings. The zero-order chi connectivity index (χ0) is 15.8. The van der Waals surface area contributed by atoms with Gasteiger partial charge in [-0.2, -0.15) is 0 Å². The molecule has 3 nitrogen and oxygen atoms in total. The van der Waals surface area contributed by atoms with E-state index in [1.807, 2.05) is 6.92 Å². The highest BCUT2D eigenvalue weighted by molar-refractivity contribution is 5.85. The van der Waals surface area contributed by atoms with E-state index in [1.165, 1.54) is 16.7 Å². The fourth-order valence-corrected chi connectivity index (χ4v) is 2.78. The number of halogens is 1. The number of rotatable bonds is 8. The lowest BCUT2D eigenvalue weighted by Gasteiger charge is -2.29. The summed E-state index contributed by atoms with van der Waals surface area (Å²) in [7, 11) is 0. The Bertz CT molecular complexity index is 462. The van der Waals surface area contributed by atoms with Crippen LogP contribution in [0.4, 0.5) is 0 Å². The Morgan fingerprint density at radius 2 is 1.95 bits per heavy atom. The molecule has 1 aromatic rings. The lowest BCUT2D eigenvalue weighted by atomic mass is 9.99. The number of hydrogen-bond donors (Lipinski definition) is 0. The second kappa shape index (κ2) is 10.6. The maximum Gasteiger partial charge on any atom is 0.305 e. The Kier molecular flexibility index (Phi) is 10.1. The molecule has 1 aromatic carbocycles. The molecule has 0 amide bonds. The van der Waals surface area contributed by atoms with Crippen LogP contribution < -0.4 is 0 Å². The van der Waals surface area contributed by atoms with Gasteiger partial charge in [0.25, 0.3) is 0 Å². The van der Waals surface area contributed by atoms with Gasteiger partial charge in [-0.05, 0) is 58.3 Å². The summed E-state index contributed by atoms with van der Waals surface area (Å²) in [6, 6.07) is 7.00. The summed E-state index contributed by atoms with van der Waals surface area (Å²) in [5.74, 6) is -0.0901. The van der Waals surface area contributed by atoms with E-state index in [9.17, 15) is 4.79 Å². The Balaban J connectivity index is 0.00000441. The molecule has 4 heteroatoms. The van der Waals surface area contributed by atoms with Gasteiger partial charge >= 0.3 is 5.97 Å². The number of carbonyl (C=O) groups is 1. The van der Waals surface area contributed by atoms with Gasteiger partial charge in [0.05, 0.1) is 6.61 Å². The summed E-state index contributed by atoms with van der Waals surface area (Å²) in [4.78, 5) is 13.8. The third-order valence-corrected chi connectivity index (χ3v) is 3.96. The molecule has 0 aliphatic heterocycles. The summed E-state index contributed by atoms with van der Waals surface area (Å²) in [6.07, 6.45) is 1.35. The van der Waals surface area contributed by atoms with E-state index < -0.39 is 0 Å². The van der Waals surface area contributed by atoms with E-state index in [-0.39, 0.29) is 18.4 Å². The predicted molar refractivity (Wildman–Crippen MR) is 94.7 cm³/mol. The maximum atomic E-state index is 11.4. The number of esters is 1. The van der Waals surface area contributed by atoms with E-state index in [4.69, 9.17) is 4.74 Å². The summed E-state index contributed by atoms with van der Waals surface area (Å²) in [5, 5.41) is 0. The average molecular weight is 328 g/mol. The van der Waals surface area contributed by atoms with Crippen LogP contribution in [-0.4, -0.2) is 30.6 Å². The van der Waals surface area contributed by atoms with Crippen molar-refractivity contribution in [2.24, 2.45) is 0 Å². The van der Waals surface area contributed by atoms with Crippen LogP contribution in [0.15, 0.2) is 18.2 Å². The first kappa shape index (κ1) is 20.9. The zero-order valence-electron chi connectivity index (χ0n) is 14.5. The molecule has 0 radical (unpaired) electrons. The van der Waals surface area contributed by atoms with Gasteiger partial charge in [-0.25, -0.2) is 0 Å². The first-order chi connectivity index (χ1) is 9.99. The molecule has 0 bridgehead atoms. The summed E-state index contributed by atoms with van der Waals surface area (Å²) >= 11 is 0. The number of benzene rings is 1. The van der Waals surface area contributed by atoms with Gasteiger partial charge in [-0.1, -0.05) is 30.7 Å². The molecule has 0 saturated heterocycles. The number of carbonyl (C=O) groups excluding carboxylic acids is 1. The van der Waals surface area contributed by atoms with E-state index in [2.05, 4.69) is 50.8 Å². The minimum absolute atomic E-state index is 0. The Morgan fingerprint density at radius 1 is 1.27 bits per heavy atom. The van der Waals surface area contributed by atoms with Crippen LogP contribution in [-0.2, 0) is 9.53 Å². The minimum atomic E-state index is -0.0901. The first-order valence-electron chi connectivity index (χ1n) is 7.96. The number of nitrogens with zero attached hydrogens (tertiary/aromatic N) is 1. The van der Waals surface area contributed by atoms with Crippen LogP contribution in [0.5, 0.6) is 0 Å². The van der Waals surface area contributed by atoms with E-state index in [1.54, 1.807) is 0 Å². The van der Waals surface area contributed by atoms with Crippen LogP contribution in [0.2, 0.25) is 0 Å². The zero-order valence-corrected chi connectivity index (χ0v) is 15.3. The predicted octanol–water partition coefficient (Wildman–Crippen LogP) is 4.45. The fourth-order valence-electron chi connectivity index (χ4n) is 2.78. The van der Waals surface area contributed by atoms with Crippen LogP contribution in [0, 0.1) is 13.8 Å². The minimum Gasteiger partial charge on any atom is -0.466 e. The topological polar surface area (TPSA) is 29.5 Å². The molecule has 0 heterocycles. The van der Waals surface area contributed by atoms with Gasteiger partial charge < -0.3 is 4.74 Å². The summed E-state index contributed by atoms with van der Waals surface area (Å²) in [6.45, 7) is 12.9. The Hall–Kier alpha value is -1.06. The van der Waals surface area contributed by atoms with Crippen molar-refractivity contribution >= 4 is 18.4 Å². The van der Waals surface area contributed by atoms with Crippen molar-refractivity contribution in [2.45, 2.75) is 53.5 Å². The number of ether oxygens (including phenoxy) is 1. The van der Waals surface area contributed by atoms with Crippen molar-refractivity contribution in [3.05, 3.63) is 34.9 Å². The highest BCUT2D eigenvalue weighted by atomic mass is 35.5. The number of hydrogen-bond acceptors (Lipinski definition) is 3. The molecule has 22 heavy (non-hydrogen) atoms. The van der Waals surface area contributed by atoms with E-state index in [0.717, 1.165) is 19.5 Å². The van der Waals surface area contributed by atoms with E-state index >= 15 is 0 Å². The lowest BCUT2D eigenvalue weighted by molar-refractivity contribution is -0.143. The van der Waals surface area contributed by atoms with Crippen molar-refractivity contribution in [1.82, 2.24) is 4.90 Å². The SMILES string of the molecule is CCOC(=O)CCCN(CC)C(C)c1ccc(C)cc1C.Cl. The van der Waals surface area contributed by atoms with Crippen LogP contribution in [0.25, 0.3) is 0 Å². The molecule has 126 valence electrons. The molecule has 0 aliphatic carbocycles. The highest BCUT2D eigenvalue weighted by Crippen LogP contribution is 2.24. The van der Waals surface area contributed by atoms with Crippen LogP contribution in [0.1, 0.15) is 56.3 Å². The second-order valence-electron chi connectivity index (χ2n) is 5.57. The Morgan fingerprint density at radius 3 is 2.50 bits per heavy atom. The third kappa shape index (κ3) is 6.37. The first-order valence-corrected chi connectivity index (χ1v) is 7.96. The van der Waals surface area contributed by atoms with Gasteiger partial charge in [-0.3, -0.25) is 9.69 Å². The average Bonchev–Trinajstić information content (AvgIpc) is 2.43. The monoisotopic (exact) mass is 327 g/mol. The summed E-state index contributed by atoms with van der Waals surface area (Å²) in [5.41, 5.74) is 4.01. The van der Waals surface area contributed by atoms with E-state index in [0.29, 0.717) is 19.1 Å². The quantitative estimate of drug-likeness (QED) is 0.660. The molecule has 0 saturated carbocycles. The lowest BCUT2D eigenvalue weighted by Crippen LogP contribution is -2.28. The molecular formula is C18H30ClNO2. The fraction of sp³-hybridized carbons (Fsp3) is 0.611. The third-order valence-electron chi connectivity index (χ3n) is 3.96. The molecule has 1 atom stereocenters. The van der Waals surface area contributed by atoms with Gasteiger partial charge in [0, 0.05) is 12.5 Å². The van der Waals surface area contributed by atoms with Crippen molar-refractivity contribution in [3.8, 4) is 0 Å². The van der Waals surface area contributed by atoms with Crippen molar-refractivity contribution < 1.29 is 9.53 Å². The molecule has 1 unspecified atom stereocenters. The van der Waals surface area contributed by atoms with Gasteiger partial charge in [0.15, 0.2) is 0 Å². The smallest absolute Gasteiger partial charge is 0.305 e. The molecule has 0 N–H and O–H groups in total. The van der Waals surface area contributed by atoms with Crippen molar-refractivity contribution in [1.29, 1.82) is 0 Å². The van der Waals surface area contributed by atoms with Gasteiger partial charge in [-0.15, -0.1) is 12.4 Å². The van der Waals surface area contributed by atoms with Crippen molar-refractivity contribution in [2.75, 3.05) is 19.7 Å². The van der Waals surface area contributed by atoms with Crippen molar-refractivity contribution in [3.63, 3.8) is 0 Å². The molecule has 1 rings (SSSR count). The second-order valence-corrected chi connectivity index (χ2v) is 5.57. The van der Waals surface area contributed by atoms with Gasteiger partial charge in [0.2, 0.25) is 0 Å². The Labute approximate surface area is 141 Å².